The molecule has 1 fully saturated rings. The van der Waals surface area contributed by atoms with E-state index in [1.807, 2.05) is 18.2 Å². The summed E-state index contributed by atoms with van der Waals surface area (Å²) in [4.78, 5) is 5.07. The third-order valence-electron chi connectivity index (χ3n) is 6.20. The van der Waals surface area contributed by atoms with Gasteiger partial charge < -0.3 is 14.0 Å². The Hall–Kier alpha value is -1.90. The van der Waals surface area contributed by atoms with Gasteiger partial charge in [-0.05, 0) is 19.1 Å². The summed E-state index contributed by atoms with van der Waals surface area (Å²) in [6.45, 7) is 8.15. The topological polar surface area (TPSA) is 73.7 Å². The molecule has 1 aromatic heterocycles. The number of piperidine rings is 1. The van der Waals surface area contributed by atoms with Crippen molar-refractivity contribution in [2.45, 2.75) is 51.7 Å². The molecule has 30 heavy (non-hydrogen) atoms. The first-order chi connectivity index (χ1) is 14.3. The molecule has 0 radical (unpaired) electrons. The van der Waals surface area contributed by atoms with Crippen molar-refractivity contribution < 1.29 is 17.9 Å². The predicted octanol–water partition coefficient (Wildman–Crippen LogP) is 3.35. The van der Waals surface area contributed by atoms with E-state index in [1.54, 1.807) is 18.3 Å². The molecule has 1 aromatic carbocycles. The van der Waals surface area contributed by atoms with Crippen LogP contribution < -0.4 is 4.74 Å². The van der Waals surface area contributed by atoms with Gasteiger partial charge in [0.25, 0.3) is 0 Å². The summed E-state index contributed by atoms with van der Waals surface area (Å²) >= 11 is 0. The van der Waals surface area contributed by atoms with Crippen LogP contribution in [0, 0.1) is 0 Å². The SMILES string of the molecule is CCS(=O)(=O)N1CCC2(CC1)Oc1ccccc1-c1nc(C(C)C)n(CCOC)c12. The fourth-order valence-electron chi connectivity index (χ4n) is 4.63. The van der Waals surface area contributed by atoms with E-state index in [2.05, 4.69) is 24.5 Å². The molecule has 2 aromatic rings. The van der Waals surface area contributed by atoms with Crippen LogP contribution in [-0.4, -0.2) is 54.8 Å². The van der Waals surface area contributed by atoms with Gasteiger partial charge in [0, 0.05) is 51.1 Å². The number of sulfonamides is 1. The molecule has 0 saturated carbocycles. The van der Waals surface area contributed by atoms with Gasteiger partial charge in [-0.15, -0.1) is 0 Å². The van der Waals surface area contributed by atoms with Crippen molar-refractivity contribution in [2.24, 2.45) is 0 Å². The Labute approximate surface area is 179 Å². The van der Waals surface area contributed by atoms with Crippen molar-refractivity contribution >= 4 is 10.0 Å². The monoisotopic (exact) mass is 433 g/mol. The minimum absolute atomic E-state index is 0.123. The summed E-state index contributed by atoms with van der Waals surface area (Å²) in [5.41, 5.74) is 2.44. The lowest BCUT2D eigenvalue weighted by Crippen LogP contribution is -2.50. The Morgan fingerprint density at radius 1 is 1.23 bits per heavy atom. The van der Waals surface area contributed by atoms with Crippen LogP contribution in [0.2, 0.25) is 0 Å². The van der Waals surface area contributed by atoms with Crippen LogP contribution in [0.4, 0.5) is 0 Å². The molecule has 3 heterocycles. The lowest BCUT2D eigenvalue weighted by atomic mass is 9.83. The van der Waals surface area contributed by atoms with Crippen molar-refractivity contribution in [1.82, 2.24) is 13.9 Å². The summed E-state index contributed by atoms with van der Waals surface area (Å²) < 4.78 is 40.8. The zero-order valence-electron chi connectivity index (χ0n) is 18.2. The normalized spacial score (nSPS) is 18.3. The Morgan fingerprint density at radius 3 is 2.57 bits per heavy atom. The lowest BCUT2D eigenvalue weighted by Gasteiger charge is -2.44. The van der Waals surface area contributed by atoms with E-state index < -0.39 is 15.6 Å². The second-order valence-electron chi connectivity index (χ2n) is 8.36. The molecular formula is C22H31N3O4S. The largest absolute Gasteiger partial charge is 0.480 e. The van der Waals surface area contributed by atoms with E-state index in [1.165, 1.54) is 0 Å². The first-order valence-corrected chi connectivity index (χ1v) is 12.3. The summed E-state index contributed by atoms with van der Waals surface area (Å²) in [6.07, 6.45) is 1.20. The minimum atomic E-state index is -3.21. The maximum atomic E-state index is 12.4. The Kier molecular flexibility index (Phi) is 5.67. The minimum Gasteiger partial charge on any atom is -0.480 e. The number of methoxy groups -OCH3 is 1. The van der Waals surface area contributed by atoms with E-state index >= 15 is 0 Å². The quantitative estimate of drug-likeness (QED) is 0.698. The van der Waals surface area contributed by atoms with Gasteiger partial charge in [-0.1, -0.05) is 26.0 Å². The third-order valence-corrected chi connectivity index (χ3v) is 8.08. The molecule has 2 aliphatic rings. The highest BCUT2D eigenvalue weighted by Gasteiger charge is 2.48. The number of benzene rings is 1. The third kappa shape index (κ3) is 3.44. The van der Waals surface area contributed by atoms with Gasteiger partial charge in [0.05, 0.1) is 23.7 Å². The van der Waals surface area contributed by atoms with Crippen molar-refractivity contribution in [3.05, 3.63) is 35.8 Å². The predicted molar refractivity (Wildman–Crippen MR) is 116 cm³/mol. The molecule has 0 bridgehead atoms. The second-order valence-corrected chi connectivity index (χ2v) is 10.6. The fraction of sp³-hybridized carbons (Fsp3) is 0.591. The van der Waals surface area contributed by atoms with Crippen molar-refractivity contribution in [3.63, 3.8) is 0 Å². The Morgan fingerprint density at radius 2 is 1.93 bits per heavy atom. The zero-order chi connectivity index (χ0) is 21.5. The number of aromatic nitrogens is 2. The number of hydrogen-bond acceptors (Lipinski definition) is 5. The van der Waals surface area contributed by atoms with Crippen LogP contribution in [0.3, 0.4) is 0 Å². The number of nitrogens with zero attached hydrogens (tertiary/aromatic N) is 3. The lowest BCUT2D eigenvalue weighted by molar-refractivity contribution is 0.00554. The molecule has 0 atom stereocenters. The highest BCUT2D eigenvalue weighted by molar-refractivity contribution is 7.89. The van der Waals surface area contributed by atoms with E-state index in [4.69, 9.17) is 14.5 Å². The molecule has 0 N–H and O–H groups in total. The van der Waals surface area contributed by atoms with Crippen molar-refractivity contribution in [1.29, 1.82) is 0 Å². The highest BCUT2D eigenvalue weighted by atomic mass is 32.2. The van der Waals surface area contributed by atoms with Crippen LogP contribution in [0.15, 0.2) is 24.3 Å². The average Bonchev–Trinajstić information content (AvgIpc) is 3.14. The maximum absolute atomic E-state index is 12.4. The van der Waals surface area contributed by atoms with Crippen molar-refractivity contribution in [2.75, 3.05) is 32.6 Å². The number of rotatable bonds is 6. The average molecular weight is 434 g/mol. The maximum Gasteiger partial charge on any atom is 0.213 e. The molecule has 7 nitrogen and oxygen atoms in total. The number of para-hydroxylation sites is 1. The van der Waals surface area contributed by atoms with Crippen LogP contribution in [0.1, 0.15) is 51.0 Å². The van der Waals surface area contributed by atoms with E-state index in [-0.39, 0.29) is 11.7 Å². The zero-order valence-corrected chi connectivity index (χ0v) is 19.0. The van der Waals surface area contributed by atoms with E-state index in [9.17, 15) is 8.42 Å². The van der Waals surface area contributed by atoms with Crippen molar-refractivity contribution in [3.8, 4) is 17.0 Å². The van der Waals surface area contributed by atoms with E-state index in [0.717, 1.165) is 28.5 Å². The first kappa shape index (κ1) is 21.3. The van der Waals surface area contributed by atoms with Crippen LogP contribution in [-0.2, 0) is 26.9 Å². The molecular weight excluding hydrogens is 402 g/mol. The van der Waals surface area contributed by atoms with Gasteiger partial charge >= 0.3 is 0 Å². The van der Waals surface area contributed by atoms with Gasteiger partial charge in [-0.2, -0.15) is 0 Å². The second kappa shape index (κ2) is 7.98. The fourth-order valence-corrected chi connectivity index (χ4v) is 5.73. The van der Waals surface area contributed by atoms with Gasteiger partial charge in [0.15, 0.2) is 5.60 Å². The number of hydrogen-bond donors (Lipinski definition) is 0. The van der Waals surface area contributed by atoms with Gasteiger partial charge in [-0.25, -0.2) is 17.7 Å². The smallest absolute Gasteiger partial charge is 0.213 e. The van der Waals surface area contributed by atoms with Crippen LogP contribution in [0.5, 0.6) is 5.75 Å². The molecule has 2 aliphatic heterocycles. The molecule has 1 saturated heterocycles. The summed E-state index contributed by atoms with van der Waals surface area (Å²) in [5.74, 6) is 2.21. The van der Waals surface area contributed by atoms with Gasteiger partial charge in [-0.3, -0.25) is 0 Å². The first-order valence-electron chi connectivity index (χ1n) is 10.7. The summed E-state index contributed by atoms with van der Waals surface area (Å²) in [5, 5.41) is 0. The molecule has 0 aliphatic carbocycles. The van der Waals surface area contributed by atoms with Gasteiger partial charge in [0.1, 0.15) is 11.6 Å². The number of fused-ring (bicyclic) bond motifs is 4. The summed E-state index contributed by atoms with van der Waals surface area (Å²) in [6, 6.07) is 8.01. The Bertz CT molecular complexity index is 1020. The van der Waals surface area contributed by atoms with Crippen LogP contribution in [0.25, 0.3) is 11.3 Å². The molecule has 4 rings (SSSR count). The molecule has 0 unspecified atom stereocenters. The Balaban J connectivity index is 1.84. The highest BCUT2D eigenvalue weighted by Crippen LogP contribution is 2.50. The molecule has 1 spiro atoms. The van der Waals surface area contributed by atoms with Gasteiger partial charge in [0.2, 0.25) is 10.0 Å². The summed E-state index contributed by atoms with van der Waals surface area (Å²) in [7, 11) is -1.51. The number of imidazole rings is 1. The molecule has 8 heteroatoms. The molecule has 164 valence electrons. The standard InChI is InChI=1S/C22H31N3O4S/c1-5-30(26,27)24-12-10-22(11-13-24)20-19(17-8-6-7-9-18(17)29-22)23-21(16(2)3)25(20)14-15-28-4/h6-9,16H,5,10-15H2,1-4H3. The van der Waals surface area contributed by atoms with E-state index in [0.29, 0.717) is 39.1 Å². The molecule has 0 amide bonds. The number of ether oxygens (including phenoxy) is 2. The van der Waals surface area contributed by atoms with Crippen LogP contribution >= 0.6 is 0 Å².